The summed E-state index contributed by atoms with van der Waals surface area (Å²) in [5, 5.41) is 3.55. The van der Waals surface area contributed by atoms with E-state index < -0.39 is 0 Å². The van der Waals surface area contributed by atoms with E-state index in [1.165, 1.54) is 0 Å². The van der Waals surface area contributed by atoms with Crippen LogP contribution in [0.4, 0.5) is 5.69 Å². The first kappa shape index (κ1) is 13.3. The van der Waals surface area contributed by atoms with Crippen molar-refractivity contribution in [3.63, 3.8) is 0 Å². The van der Waals surface area contributed by atoms with Crippen LogP contribution in [0, 0.1) is 0 Å². The molecule has 1 rings (SSSR count). The molecule has 0 heterocycles. The van der Waals surface area contributed by atoms with E-state index in [0.717, 1.165) is 10.2 Å². The number of rotatable bonds is 4. The van der Waals surface area contributed by atoms with E-state index in [9.17, 15) is 4.79 Å². The molecule has 1 aromatic carbocycles. The molecular formula is C11H13BrClNO2. The van der Waals surface area contributed by atoms with E-state index in [1.807, 2.05) is 26.0 Å². The van der Waals surface area contributed by atoms with Crippen molar-refractivity contribution >= 4 is 39.2 Å². The first-order valence-electron chi connectivity index (χ1n) is 4.88. The fourth-order valence-electron chi connectivity index (χ4n) is 1.11. The van der Waals surface area contributed by atoms with Crippen LogP contribution < -0.4 is 5.32 Å². The van der Waals surface area contributed by atoms with Crippen molar-refractivity contribution in [2.45, 2.75) is 20.0 Å². The summed E-state index contributed by atoms with van der Waals surface area (Å²) in [6.45, 7) is 3.75. The van der Waals surface area contributed by atoms with Gasteiger partial charge in [-0.1, -0.05) is 17.7 Å². The Hall–Kier alpha value is -0.740. The van der Waals surface area contributed by atoms with Crippen LogP contribution in [0.25, 0.3) is 0 Å². The van der Waals surface area contributed by atoms with Gasteiger partial charge in [0.1, 0.15) is 6.54 Å². The lowest BCUT2D eigenvalue weighted by Gasteiger charge is -2.11. The third kappa shape index (κ3) is 4.02. The number of ether oxygens (including phenoxy) is 1. The maximum absolute atomic E-state index is 11.3. The standard InChI is InChI=1S/C11H13BrClNO2/c1-7(2)16-10(15)6-14-9-5-3-4-8(13)11(9)12/h3-5,7,14H,6H2,1-2H3. The fourth-order valence-corrected chi connectivity index (χ4v) is 1.69. The van der Waals surface area contributed by atoms with Crippen molar-refractivity contribution in [3.8, 4) is 0 Å². The minimum atomic E-state index is -0.290. The number of hydrogen-bond acceptors (Lipinski definition) is 3. The molecule has 88 valence electrons. The molecule has 0 aromatic heterocycles. The van der Waals surface area contributed by atoms with E-state index in [0.29, 0.717) is 5.02 Å². The van der Waals surface area contributed by atoms with Crippen molar-refractivity contribution in [1.29, 1.82) is 0 Å². The van der Waals surface area contributed by atoms with Gasteiger partial charge < -0.3 is 10.1 Å². The highest BCUT2D eigenvalue weighted by atomic mass is 79.9. The van der Waals surface area contributed by atoms with Crippen LogP contribution in [0.2, 0.25) is 5.02 Å². The lowest BCUT2D eigenvalue weighted by molar-refractivity contribution is -0.145. The van der Waals surface area contributed by atoms with Crippen molar-refractivity contribution in [2.75, 3.05) is 11.9 Å². The van der Waals surface area contributed by atoms with Gasteiger partial charge in [0.25, 0.3) is 0 Å². The summed E-state index contributed by atoms with van der Waals surface area (Å²) in [6, 6.07) is 5.41. The number of esters is 1. The highest BCUT2D eigenvalue weighted by molar-refractivity contribution is 9.10. The number of carbonyl (C=O) groups is 1. The van der Waals surface area contributed by atoms with Crippen molar-refractivity contribution in [2.24, 2.45) is 0 Å². The van der Waals surface area contributed by atoms with Crippen molar-refractivity contribution < 1.29 is 9.53 Å². The van der Waals surface area contributed by atoms with Crippen LogP contribution in [0.15, 0.2) is 22.7 Å². The number of anilines is 1. The van der Waals surface area contributed by atoms with Crippen LogP contribution in [-0.2, 0) is 9.53 Å². The van der Waals surface area contributed by atoms with E-state index >= 15 is 0 Å². The molecule has 0 aliphatic heterocycles. The average Bonchev–Trinajstić information content (AvgIpc) is 2.19. The van der Waals surface area contributed by atoms with E-state index in [-0.39, 0.29) is 18.6 Å². The molecular weight excluding hydrogens is 293 g/mol. The summed E-state index contributed by atoms with van der Waals surface area (Å²) < 4.78 is 5.74. The van der Waals surface area contributed by atoms with Gasteiger partial charge in [0.05, 0.1) is 21.3 Å². The molecule has 0 spiro atoms. The maximum Gasteiger partial charge on any atom is 0.325 e. The van der Waals surface area contributed by atoms with Crippen LogP contribution in [0.5, 0.6) is 0 Å². The van der Waals surface area contributed by atoms with Crippen LogP contribution in [0.1, 0.15) is 13.8 Å². The smallest absolute Gasteiger partial charge is 0.325 e. The zero-order valence-corrected chi connectivity index (χ0v) is 11.4. The van der Waals surface area contributed by atoms with Gasteiger partial charge in [-0.3, -0.25) is 4.79 Å². The monoisotopic (exact) mass is 305 g/mol. The quantitative estimate of drug-likeness (QED) is 0.866. The Morgan fingerprint density at radius 2 is 2.25 bits per heavy atom. The average molecular weight is 307 g/mol. The minimum Gasteiger partial charge on any atom is -0.462 e. The molecule has 3 nitrogen and oxygen atoms in total. The Morgan fingerprint density at radius 3 is 2.88 bits per heavy atom. The summed E-state index contributed by atoms with van der Waals surface area (Å²) in [6.07, 6.45) is -0.0999. The maximum atomic E-state index is 11.3. The normalized spacial score (nSPS) is 10.3. The number of hydrogen-bond donors (Lipinski definition) is 1. The third-order valence-electron chi connectivity index (χ3n) is 1.74. The molecule has 0 aliphatic rings. The van der Waals surface area contributed by atoms with Crippen molar-refractivity contribution in [3.05, 3.63) is 27.7 Å². The summed E-state index contributed by atoms with van der Waals surface area (Å²) in [7, 11) is 0. The minimum absolute atomic E-state index is 0.0999. The molecule has 16 heavy (non-hydrogen) atoms. The lowest BCUT2D eigenvalue weighted by atomic mass is 10.3. The second-order valence-corrected chi connectivity index (χ2v) is 4.69. The zero-order chi connectivity index (χ0) is 12.1. The molecule has 0 unspecified atom stereocenters. The molecule has 0 aliphatic carbocycles. The Balaban J connectivity index is 2.55. The third-order valence-corrected chi connectivity index (χ3v) is 3.14. The first-order chi connectivity index (χ1) is 7.50. The second kappa shape index (κ2) is 6.11. The molecule has 1 N–H and O–H groups in total. The molecule has 0 saturated carbocycles. The van der Waals surface area contributed by atoms with Crippen LogP contribution in [-0.4, -0.2) is 18.6 Å². The Kier molecular flexibility index (Phi) is 5.09. The molecule has 0 saturated heterocycles. The topological polar surface area (TPSA) is 38.3 Å². The van der Waals surface area contributed by atoms with Gasteiger partial charge in [0, 0.05) is 0 Å². The molecule has 0 radical (unpaired) electrons. The highest BCUT2D eigenvalue weighted by Gasteiger charge is 2.07. The number of nitrogens with one attached hydrogen (secondary N) is 1. The van der Waals surface area contributed by atoms with Gasteiger partial charge >= 0.3 is 5.97 Å². The van der Waals surface area contributed by atoms with E-state index in [4.69, 9.17) is 16.3 Å². The van der Waals surface area contributed by atoms with Gasteiger partial charge in [-0.15, -0.1) is 0 Å². The number of carbonyl (C=O) groups excluding carboxylic acids is 1. The second-order valence-electron chi connectivity index (χ2n) is 3.49. The van der Waals surface area contributed by atoms with Gasteiger partial charge in [-0.2, -0.15) is 0 Å². The summed E-state index contributed by atoms with van der Waals surface area (Å²) in [5.74, 6) is -0.290. The van der Waals surface area contributed by atoms with Crippen LogP contribution in [0.3, 0.4) is 0 Å². The Morgan fingerprint density at radius 1 is 1.56 bits per heavy atom. The Bertz CT molecular complexity index is 382. The van der Waals surface area contributed by atoms with Gasteiger partial charge in [0.15, 0.2) is 0 Å². The highest BCUT2D eigenvalue weighted by Crippen LogP contribution is 2.29. The van der Waals surface area contributed by atoms with Gasteiger partial charge in [-0.05, 0) is 41.9 Å². The largest absolute Gasteiger partial charge is 0.462 e. The molecule has 0 atom stereocenters. The first-order valence-corrected chi connectivity index (χ1v) is 6.05. The predicted octanol–water partition coefficient (Wildman–Crippen LogP) is 3.47. The molecule has 5 heteroatoms. The zero-order valence-electron chi connectivity index (χ0n) is 9.09. The lowest BCUT2D eigenvalue weighted by Crippen LogP contribution is -2.20. The Labute approximate surface area is 108 Å². The molecule has 0 fully saturated rings. The molecule has 1 aromatic rings. The van der Waals surface area contributed by atoms with Gasteiger partial charge in [0.2, 0.25) is 0 Å². The summed E-state index contributed by atoms with van der Waals surface area (Å²) in [4.78, 5) is 11.3. The predicted molar refractivity (Wildman–Crippen MR) is 68.9 cm³/mol. The molecule has 0 bridgehead atoms. The summed E-state index contributed by atoms with van der Waals surface area (Å²) in [5.41, 5.74) is 0.771. The van der Waals surface area contributed by atoms with E-state index in [1.54, 1.807) is 6.07 Å². The molecule has 0 amide bonds. The summed E-state index contributed by atoms with van der Waals surface area (Å²) >= 11 is 9.25. The van der Waals surface area contributed by atoms with Crippen LogP contribution >= 0.6 is 27.5 Å². The van der Waals surface area contributed by atoms with Gasteiger partial charge in [-0.25, -0.2) is 0 Å². The number of benzene rings is 1. The fraction of sp³-hybridized carbons (Fsp3) is 0.364. The van der Waals surface area contributed by atoms with E-state index in [2.05, 4.69) is 21.2 Å². The van der Waals surface area contributed by atoms with Crippen molar-refractivity contribution in [1.82, 2.24) is 0 Å². The SMILES string of the molecule is CC(C)OC(=O)CNc1cccc(Cl)c1Br. The number of halogens is 2.